The molecule has 0 aromatic heterocycles. The molecule has 0 amide bonds. The fraction of sp³-hybridized carbons (Fsp3) is 0.500. The first-order valence-corrected chi connectivity index (χ1v) is 3.98. The molecule has 0 spiro atoms. The fourth-order valence-corrected chi connectivity index (χ4v) is 1.08. The van der Waals surface area contributed by atoms with Gasteiger partial charge in [0.05, 0.1) is 4.11 Å². The molecule has 0 radical (unpaired) electrons. The minimum absolute atomic E-state index is 0.737. The van der Waals surface area contributed by atoms with Crippen molar-refractivity contribution in [3.63, 3.8) is 0 Å². The summed E-state index contributed by atoms with van der Waals surface area (Å²) < 4.78 is 131. The lowest BCUT2D eigenvalue weighted by atomic mass is 9.96. The van der Waals surface area contributed by atoms with Crippen LogP contribution in [0.4, 0.5) is 0 Å². The number of hydrogen-bond donors (Lipinski definition) is 0. The van der Waals surface area contributed by atoms with Gasteiger partial charge in [0.25, 0.3) is 0 Å². The molecular weight excluding hydrogens is 224 g/mol. The minimum Gasteiger partial charge on any atom is -0.0587 e. The molecule has 0 heterocycles. The summed E-state index contributed by atoms with van der Waals surface area (Å²) in [6, 6.07) is -3.60. The first kappa shape index (κ1) is 1.97. The van der Waals surface area contributed by atoms with Crippen molar-refractivity contribution < 1.29 is 23.3 Å². The van der Waals surface area contributed by atoms with Crippen molar-refractivity contribution in [2.24, 2.45) is 0 Å². The van der Waals surface area contributed by atoms with Gasteiger partial charge in [0, 0.05) is 23.7 Å². The van der Waals surface area contributed by atoms with E-state index in [0.29, 0.717) is 0 Å². The predicted molar refractivity (Wildman–Crippen MR) is 62.3 cm³/mol. The zero-order chi connectivity index (χ0) is 24.5. The summed E-state index contributed by atoms with van der Waals surface area (Å²) in [5.41, 5.74) is -2.66. The van der Waals surface area contributed by atoms with E-state index in [1.54, 1.807) is 0 Å². The molecule has 72 valence electrons. The van der Waals surface area contributed by atoms with E-state index in [-0.39, 0.29) is 0 Å². The molecule has 0 aliphatic carbocycles. The van der Waals surface area contributed by atoms with Crippen LogP contribution in [-0.4, -0.2) is 0 Å². The standard InChI is InChI=1S/C12H17Br/c1-8(2)10-5-11(9(3)4)7-12(13)6-10/h5-9H,1-4H3/i1D3,2D3,3D3,4D3,5D,6D,7D,8D,9D. The van der Waals surface area contributed by atoms with E-state index >= 15 is 0 Å². The topological polar surface area (TPSA) is 0 Å². The van der Waals surface area contributed by atoms with E-state index in [2.05, 4.69) is 15.9 Å². The van der Waals surface area contributed by atoms with Crippen LogP contribution in [0.2, 0.25) is 0 Å². The third-order valence-corrected chi connectivity index (χ3v) is 1.62. The van der Waals surface area contributed by atoms with Crippen LogP contribution in [0.25, 0.3) is 0 Å². The molecule has 13 heavy (non-hydrogen) atoms. The lowest BCUT2D eigenvalue weighted by molar-refractivity contribution is 0.832. The molecule has 0 saturated carbocycles. The van der Waals surface area contributed by atoms with E-state index in [1.807, 2.05) is 0 Å². The first-order valence-electron chi connectivity index (χ1n) is 11.7. The molecule has 1 rings (SSSR count). The Labute approximate surface area is 113 Å². The smallest absolute Gasteiger partial charge is 0.0587 e. The van der Waals surface area contributed by atoms with E-state index in [4.69, 9.17) is 23.3 Å². The van der Waals surface area contributed by atoms with Gasteiger partial charge in [-0.05, 0) is 35.0 Å². The third kappa shape index (κ3) is 2.84. The van der Waals surface area contributed by atoms with Gasteiger partial charge in [-0.1, -0.05) is 49.4 Å². The average molecular weight is 258 g/mol. The fourth-order valence-electron chi connectivity index (χ4n) is 0.688. The largest absolute Gasteiger partial charge is 0.0638 e. The monoisotopic (exact) mass is 257 g/mol. The maximum absolute atomic E-state index is 8.26. The van der Waals surface area contributed by atoms with Crippen LogP contribution in [0.1, 0.15) is 73.6 Å². The van der Waals surface area contributed by atoms with Gasteiger partial charge in [-0.2, -0.15) is 0 Å². The molecule has 0 saturated heterocycles. The lowest BCUT2D eigenvalue weighted by Crippen LogP contribution is -1.93. The summed E-state index contributed by atoms with van der Waals surface area (Å²) in [5.74, 6) is -7.30. The highest BCUT2D eigenvalue weighted by molar-refractivity contribution is 9.10. The summed E-state index contributed by atoms with van der Waals surface area (Å²) in [5, 5.41) is 0. The van der Waals surface area contributed by atoms with Crippen LogP contribution >= 0.6 is 15.9 Å². The van der Waals surface area contributed by atoms with E-state index in [1.165, 1.54) is 0 Å². The van der Waals surface area contributed by atoms with Crippen LogP contribution in [0.5, 0.6) is 0 Å². The molecule has 0 bridgehead atoms. The van der Waals surface area contributed by atoms with Gasteiger partial charge in [0.15, 0.2) is 0 Å². The normalized spacial score (nSPS) is 35.9. The van der Waals surface area contributed by atoms with Gasteiger partial charge in [-0.25, -0.2) is 0 Å². The number of halogens is 1. The molecule has 1 aromatic rings. The van der Waals surface area contributed by atoms with Crippen LogP contribution in [-0.2, 0) is 0 Å². The molecule has 0 N–H and O–H groups in total. The predicted octanol–water partition coefficient (Wildman–Crippen LogP) is 4.70. The second-order valence-corrected chi connectivity index (χ2v) is 2.98. The van der Waals surface area contributed by atoms with Gasteiger partial charge < -0.3 is 0 Å². The van der Waals surface area contributed by atoms with Gasteiger partial charge >= 0.3 is 0 Å². The Kier molecular flexibility index (Phi) is 0.648. The highest BCUT2D eigenvalue weighted by atomic mass is 79.9. The second kappa shape index (κ2) is 4.28. The molecular formula is C12H17Br. The Morgan fingerprint density at radius 2 is 1.62 bits per heavy atom. The first-order chi connectivity index (χ1) is 12.9. The van der Waals surface area contributed by atoms with Crippen molar-refractivity contribution in [1.82, 2.24) is 0 Å². The van der Waals surface area contributed by atoms with Crippen LogP contribution < -0.4 is 0 Å². The molecule has 1 heteroatoms. The molecule has 1 aromatic carbocycles. The Bertz CT molecular complexity index is 731. The Morgan fingerprint density at radius 3 is 2.00 bits per heavy atom. The maximum atomic E-state index is 8.26. The van der Waals surface area contributed by atoms with Crippen LogP contribution in [0.15, 0.2) is 22.6 Å². The number of hydrogen-bond acceptors (Lipinski definition) is 0. The van der Waals surface area contributed by atoms with Crippen molar-refractivity contribution >= 4 is 15.9 Å². The average Bonchev–Trinajstić information content (AvgIpc) is 2.48. The molecule has 0 atom stereocenters. The van der Waals surface area contributed by atoms with Crippen molar-refractivity contribution in [1.29, 1.82) is 0 Å². The molecule has 0 unspecified atom stereocenters. The number of rotatable bonds is 2. The van der Waals surface area contributed by atoms with Gasteiger partial charge in [0.1, 0.15) is 0 Å². The highest BCUT2D eigenvalue weighted by Crippen LogP contribution is 2.25. The molecule has 0 nitrogen and oxygen atoms in total. The summed E-state index contributed by atoms with van der Waals surface area (Å²) in [6.45, 7) is -14.7. The van der Waals surface area contributed by atoms with Crippen molar-refractivity contribution in [3.05, 3.63) is 33.7 Å². The summed E-state index contributed by atoms with van der Waals surface area (Å²) in [4.78, 5) is 0. The molecule has 0 aliphatic heterocycles. The van der Waals surface area contributed by atoms with E-state index < -0.39 is 72.9 Å². The highest BCUT2D eigenvalue weighted by Gasteiger charge is 2.05. The Morgan fingerprint density at radius 1 is 1.15 bits per heavy atom. The summed E-state index contributed by atoms with van der Waals surface area (Å²) in [7, 11) is 0. The molecule has 0 aliphatic rings. The Hall–Kier alpha value is -0.300. The van der Waals surface area contributed by atoms with Crippen molar-refractivity contribution in [2.45, 2.75) is 39.2 Å². The van der Waals surface area contributed by atoms with Crippen molar-refractivity contribution in [2.75, 3.05) is 0 Å². The maximum Gasteiger partial charge on any atom is 0.0638 e. The lowest BCUT2D eigenvalue weighted by Gasteiger charge is -2.11. The van der Waals surface area contributed by atoms with Gasteiger partial charge in [-0.3, -0.25) is 0 Å². The number of benzene rings is 1. The van der Waals surface area contributed by atoms with Crippen LogP contribution in [0.3, 0.4) is 0 Å². The summed E-state index contributed by atoms with van der Waals surface area (Å²) in [6.07, 6.45) is 0. The molecule has 0 fully saturated rings. The van der Waals surface area contributed by atoms with Crippen LogP contribution in [0, 0.1) is 0 Å². The minimum atomic E-state index is -3.67. The zero-order valence-corrected chi connectivity index (χ0v) is 7.96. The second-order valence-electron chi connectivity index (χ2n) is 2.19. The van der Waals surface area contributed by atoms with Crippen molar-refractivity contribution in [3.8, 4) is 0 Å². The van der Waals surface area contributed by atoms with E-state index in [0.717, 1.165) is 0 Å². The quantitative estimate of drug-likeness (QED) is 0.721. The van der Waals surface area contributed by atoms with Gasteiger partial charge in [-0.15, -0.1) is 0 Å². The Balaban J connectivity index is 4.41. The SMILES string of the molecule is [2H]c1c(Br)c([2H])c(C([2H])(C([2H])([2H])[2H])C([2H])([2H])[2H])c([2H])c1C([2H])(C([2H])([2H])[2H])C([2H])([2H])[2H]. The van der Waals surface area contributed by atoms with Gasteiger partial charge in [0.2, 0.25) is 0 Å². The summed E-state index contributed by atoms with van der Waals surface area (Å²) >= 11 is 2.71. The third-order valence-electron chi connectivity index (χ3n) is 1.22. The zero-order valence-electron chi connectivity index (χ0n) is 23.4. The van der Waals surface area contributed by atoms with E-state index in [9.17, 15) is 0 Å².